The fraction of sp³-hybridized carbons (Fsp3) is 0.667. The second-order valence-corrected chi connectivity index (χ2v) is 20.2. The maximum atomic E-state index is 12.9. The highest BCUT2D eigenvalue weighted by molar-refractivity contribution is 5.71. The molecule has 0 aromatic carbocycles. The van der Waals surface area contributed by atoms with Crippen molar-refractivity contribution in [3.8, 4) is 0 Å². The Labute approximate surface area is 462 Å². The summed E-state index contributed by atoms with van der Waals surface area (Å²) < 4.78 is 16.9. The second kappa shape index (κ2) is 62.4. The first-order valence-electron chi connectivity index (χ1n) is 31.0. The topological polar surface area (TPSA) is 78.9 Å². The molecule has 0 saturated carbocycles. The van der Waals surface area contributed by atoms with Gasteiger partial charge < -0.3 is 14.2 Å². The van der Waals surface area contributed by atoms with Gasteiger partial charge in [-0.2, -0.15) is 0 Å². The number of rotatable bonds is 55. The number of unbranched alkanes of at least 4 members (excludes halogenated alkanes) is 24. The maximum absolute atomic E-state index is 12.9. The number of ether oxygens (including phenoxy) is 3. The van der Waals surface area contributed by atoms with Gasteiger partial charge in [0.05, 0.1) is 0 Å². The predicted molar refractivity (Wildman–Crippen MR) is 325 cm³/mol. The lowest BCUT2D eigenvalue weighted by Gasteiger charge is -2.18. The molecule has 1 atom stereocenters. The number of hydrogen-bond acceptors (Lipinski definition) is 6. The third kappa shape index (κ3) is 60.6. The summed E-state index contributed by atoms with van der Waals surface area (Å²) in [5.74, 6) is -0.936. The van der Waals surface area contributed by atoms with E-state index in [0.29, 0.717) is 19.3 Å². The van der Waals surface area contributed by atoms with Crippen LogP contribution < -0.4 is 0 Å². The molecule has 0 rings (SSSR count). The van der Waals surface area contributed by atoms with Crippen molar-refractivity contribution in [1.82, 2.24) is 0 Å². The van der Waals surface area contributed by atoms with E-state index in [-0.39, 0.29) is 31.1 Å². The third-order valence-corrected chi connectivity index (χ3v) is 12.9. The molecule has 0 saturated heterocycles. The largest absolute Gasteiger partial charge is 0.462 e. The van der Waals surface area contributed by atoms with Crippen molar-refractivity contribution in [2.45, 2.75) is 284 Å². The Morgan fingerprint density at radius 2 is 0.520 bits per heavy atom. The van der Waals surface area contributed by atoms with E-state index < -0.39 is 6.10 Å². The summed E-state index contributed by atoms with van der Waals surface area (Å²) in [7, 11) is 0. The van der Waals surface area contributed by atoms with Gasteiger partial charge in [-0.05, 0) is 135 Å². The van der Waals surface area contributed by atoms with E-state index in [1.54, 1.807) is 0 Å². The van der Waals surface area contributed by atoms with Crippen molar-refractivity contribution in [2.24, 2.45) is 0 Å². The molecule has 0 amide bonds. The molecule has 0 aliphatic rings. The lowest BCUT2D eigenvalue weighted by Crippen LogP contribution is -2.30. The zero-order chi connectivity index (χ0) is 54.3. The Morgan fingerprint density at radius 3 is 0.853 bits per heavy atom. The summed E-state index contributed by atoms with van der Waals surface area (Å²) in [5, 5.41) is 0. The molecule has 0 heterocycles. The average molecular weight is 1040 g/mol. The van der Waals surface area contributed by atoms with E-state index in [4.69, 9.17) is 14.2 Å². The van der Waals surface area contributed by atoms with E-state index in [1.807, 2.05) is 0 Å². The van der Waals surface area contributed by atoms with Gasteiger partial charge in [0.2, 0.25) is 0 Å². The van der Waals surface area contributed by atoms with E-state index in [2.05, 4.69) is 142 Å². The highest BCUT2D eigenvalue weighted by atomic mass is 16.6. The van der Waals surface area contributed by atoms with Crippen LogP contribution >= 0.6 is 0 Å². The fourth-order valence-electron chi connectivity index (χ4n) is 8.27. The quantitative estimate of drug-likeness (QED) is 0.0261. The van der Waals surface area contributed by atoms with Gasteiger partial charge >= 0.3 is 17.9 Å². The molecule has 0 aliphatic carbocycles. The molecule has 6 heteroatoms. The smallest absolute Gasteiger partial charge is 0.306 e. The van der Waals surface area contributed by atoms with Crippen molar-refractivity contribution in [2.75, 3.05) is 13.2 Å². The van der Waals surface area contributed by atoms with Crippen LogP contribution in [0.25, 0.3) is 0 Å². The highest BCUT2D eigenvalue weighted by Crippen LogP contribution is 2.14. The van der Waals surface area contributed by atoms with Crippen LogP contribution in [0.1, 0.15) is 278 Å². The van der Waals surface area contributed by atoms with Gasteiger partial charge in [0.15, 0.2) is 6.10 Å². The van der Waals surface area contributed by atoms with Crippen LogP contribution in [-0.2, 0) is 28.6 Å². The highest BCUT2D eigenvalue weighted by Gasteiger charge is 2.19. The molecule has 0 radical (unpaired) electrons. The molecule has 0 bridgehead atoms. The van der Waals surface area contributed by atoms with Crippen LogP contribution in [0.3, 0.4) is 0 Å². The lowest BCUT2D eigenvalue weighted by molar-refractivity contribution is -0.167. The van der Waals surface area contributed by atoms with Gasteiger partial charge in [-0.25, -0.2) is 0 Å². The minimum absolute atomic E-state index is 0.0963. The average Bonchev–Trinajstić information content (AvgIpc) is 3.41. The van der Waals surface area contributed by atoms with Crippen LogP contribution in [0.2, 0.25) is 0 Å². The van der Waals surface area contributed by atoms with E-state index in [0.717, 1.165) is 154 Å². The van der Waals surface area contributed by atoms with E-state index in [9.17, 15) is 14.4 Å². The summed E-state index contributed by atoms with van der Waals surface area (Å²) in [6, 6.07) is 0. The first kappa shape index (κ1) is 70.8. The van der Waals surface area contributed by atoms with Gasteiger partial charge in [-0.3, -0.25) is 14.4 Å². The standard InChI is InChI=1S/C69H114O6/c1-4-7-10-13-16-19-22-25-28-29-30-31-32-33-34-35-36-37-38-39-42-44-47-50-53-56-59-62-68(71)74-65-66(75-69(72)63-60-57-54-51-48-45-41-27-24-21-18-15-12-9-6-3)64-73-67(70)61-58-55-52-49-46-43-40-26-23-20-17-14-11-8-5-2/h7,10,16,18-19,21,25-28,30-31,33-34,36-37,39-42,66H,4-6,8-9,11-15,17,20,22-24,29,32,35,38,43-65H2,1-3H3/b10-7-,19-16-,21-18-,28-25-,31-30-,34-33-,37-36-,40-26-,41-27-,42-39-. The van der Waals surface area contributed by atoms with Crippen LogP contribution in [0.5, 0.6) is 0 Å². The Morgan fingerprint density at radius 1 is 0.280 bits per heavy atom. The molecule has 75 heavy (non-hydrogen) atoms. The van der Waals surface area contributed by atoms with Gasteiger partial charge in [0.1, 0.15) is 13.2 Å². The molecule has 0 aliphatic heterocycles. The fourth-order valence-corrected chi connectivity index (χ4v) is 8.27. The third-order valence-electron chi connectivity index (χ3n) is 12.9. The van der Waals surface area contributed by atoms with Crippen LogP contribution in [-0.4, -0.2) is 37.2 Å². The molecule has 0 N–H and O–H groups in total. The van der Waals surface area contributed by atoms with Crippen molar-refractivity contribution in [3.63, 3.8) is 0 Å². The van der Waals surface area contributed by atoms with Gasteiger partial charge in [-0.1, -0.05) is 245 Å². The molecule has 0 aromatic rings. The Hall–Kier alpha value is -4.19. The van der Waals surface area contributed by atoms with Crippen molar-refractivity contribution >= 4 is 17.9 Å². The Bertz CT molecular complexity index is 1570. The number of carbonyl (C=O) groups excluding carboxylic acids is 3. The van der Waals surface area contributed by atoms with Crippen LogP contribution in [0.4, 0.5) is 0 Å². The number of esters is 3. The minimum atomic E-state index is -0.801. The molecule has 426 valence electrons. The molecule has 6 nitrogen and oxygen atoms in total. The van der Waals surface area contributed by atoms with Crippen LogP contribution in [0, 0.1) is 0 Å². The van der Waals surface area contributed by atoms with Crippen LogP contribution in [0.15, 0.2) is 122 Å². The predicted octanol–water partition coefficient (Wildman–Crippen LogP) is 21.2. The monoisotopic (exact) mass is 1040 g/mol. The van der Waals surface area contributed by atoms with Crippen molar-refractivity contribution in [1.29, 1.82) is 0 Å². The molecule has 0 spiro atoms. The molecule has 1 unspecified atom stereocenters. The lowest BCUT2D eigenvalue weighted by atomic mass is 10.1. The Kier molecular flexibility index (Phi) is 58.9. The zero-order valence-corrected chi connectivity index (χ0v) is 48.8. The van der Waals surface area contributed by atoms with Gasteiger partial charge in [0.25, 0.3) is 0 Å². The minimum Gasteiger partial charge on any atom is -0.462 e. The molecule has 0 aromatic heterocycles. The van der Waals surface area contributed by atoms with Crippen molar-refractivity contribution in [3.05, 3.63) is 122 Å². The summed E-state index contributed by atoms with van der Waals surface area (Å²) in [6.07, 6.45) is 86.2. The summed E-state index contributed by atoms with van der Waals surface area (Å²) in [4.78, 5) is 38.2. The van der Waals surface area contributed by atoms with Gasteiger partial charge in [0, 0.05) is 19.3 Å². The summed E-state index contributed by atoms with van der Waals surface area (Å²) in [6.45, 7) is 6.46. The maximum Gasteiger partial charge on any atom is 0.306 e. The second-order valence-electron chi connectivity index (χ2n) is 20.2. The normalized spacial score (nSPS) is 12.9. The number of allylic oxidation sites excluding steroid dienone is 20. The SMILES string of the molecule is CC/C=C\C/C=C\C/C=C\C/C=C\C/C=C\C/C=C\C/C=C\CCCCCCCC(=O)OCC(COC(=O)CCCCCCC/C=C\CCCCCCCC)OC(=O)CCCCCCC/C=C\C/C=C\CCCCC. The first-order chi connectivity index (χ1) is 37.0. The first-order valence-corrected chi connectivity index (χ1v) is 31.0. The summed E-state index contributed by atoms with van der Waals surface area (Å²) >= 11 is 0. The van der Waals surface area contributed by atoms with Gasteiger partial charge in [-0.15, -0.1) is 0 Å². The van der Waals surface area contributed by atoms with E-state index in [1.165, 1.54) is 83.5 Å². The van der Waals surface area contributed by atoms with E-state index >= 15 is 0 Å². The Balaban J connectivity index is 4.41. The molecular formula is C69H114O6. The molecule has 0 fully saturated rings. The zero-order valence-electron chi connectivity index (χ0n) is 48.8. The number of hydrogen-bond donors (Lipinski definition) is 0. The molecular weight excluding hydrogens is 925 g/mol. The summed E-state index contributed by atoms with van der Waals surface area (Å²) in [5.41, 5.74) is 0. The number of carbonyl (C=O) groups is 3. The van der Waals surface area contributed by atoms with Crippen molar-refractivity contribution < 1.29 is 28.6 Å².